The van der Waals surface area contributed by atoms with Crippen molar-refractivity contribution in [2.45, 2.75) is 95.5 Å². The minimum absolute atomic E-state index is 0.300. The zero-order chi connectivity index (χ0) is 18.5. The number of carboxylic acid groups (broad SMARTS) is 1. The van der Waals surface area contributed by atoms with Crippen molar-refractivity contribution in [1.82, 2.24) is 0 Å². The van der Waals surface area contributed by atoms with Gasteiger partial charge in [0.1, 0.15) is 0 Å². The molecule has 0 radical (unpaired) electrons. The summed E-state index contributed by atoms with van der Waals surface area (Å²) in [5.74, 6) is -8.68. The molecule has 24 heavy (non-hydrogen) atoms. The van der Waals surface area contributed by atoms with Crippen LogP contribution in [0, 0.1) is 0 Å². The third-order valence-electron chi connectivity index (χ3n) is 4.14. The van der Waals surface area contributed by atoms with Gasteiger partial charge in [0.05, 0.1) is 0 Å². The van der Waals surface area contributed by atoms with Crippen molar-refractivity contribution >= 4 is 5.97 Å². The van der Waals surface area contributed by atoms with Crippen LogP contribution in [-0.2, 0) is 4.79 Å². The first kappa shape index (κ1) is 23.1. The summed E-state index contributed by atoms with van der Waals surface area (Å²) in [4.78, 5) is 10.6. The summed E-state index contributed by atoms with van der Waals surface area (Å²) in [6, 6.07) is 0. The lowest BCUT2D eigenvalue weighted by atomic mass is 9.98. The summed E-state index contributed by atoms with van der Waals surface area (Å²) in [6.07, 6.45) is 15.3. The van der Waals surface area contributed by atoms with Crippen molar-refractivity contribution in [3.8, 4) is 0 Å². The van der Waals surface area contributed by atoms with Gasteiger partial charge in [-0.15, -0.1) is 0 Å². The molecule has 0 aromatic rings. The lowest BCUT2D eigenvalue weighted by Crippen LogP contribution is -2.59. The predicted molar refractivity (Wildman–Crippen MR) is 92.2 cm³/mol. The minimum atomic E-state index is -3.55. The van der Waals surface area contributed by atoms with Crippen LogP contribution in [0.1, 0.15) is 84.0 Å². The highest BCUT2D eigenvalue weighted by atomic mass is 16.6. The Balaban J connectivity index is 3.63. The van der Waals surface area contributed by atoms with Crippen LogP contribution in [-0.4, -0.2) is 43.1 Å². The Morgan fingerprint density at radius 3 is 1.75 bits per heavy atom. The van der Waals surface area contributed by atoms with Gasteiger partial charge in [-0.25, -0.2) is 4.79 Å². The second kappa shape index (κ2) is 12.4. The number of hydrogen-bond acceptors (Lipinski definition) is 5. The summed E-state index contributed by atoms with van der Waals surface area (Å²) in [5.41, 5.74) is 0. The van der Waals surface area contributed by atoms with E-state index < -0.39 is 24.0 Å². The zero-order valence-corrected chi connectivity index (χ0v) is 14.8. The Morgan fingerprint density at radius 1 is 0.792 bits per heavy atom. The predicted octanol–water partition coefficient (Wildman–Crippen LogP) is 2.69. The smallest absolute Gasteiger partial charge is 0.370 e. The Hall–Kier alpha value is -0.950. The molecule has 0 aromatic carbocycles. The Bertz CT molecular complexity index is 363. The lowest BCUT2D eigenvalue weighted by molar-refractivity contribution is -0.346. The van der Waals surface area contributed by atoms with Crippen LogP contribution in [0.5, 0.6) is 0 Å². The van der Waals surface area contributed by atoms with Crippen molar-refractivity contribution < 1.29 is 30.3 Å². The van der Waals surface area contributed by atoms with E-state index in [9.17, 15) is 15.0 Å². The van der Waals surface area contributed by atoms with Gasteiger partial charge in [-0.2, -0.15) is 0 Å². The first-order chi connectivity index (χ1) is 11.3. The highest BCUT2D eigenvalue weighted by Crippen LogP contribution is 2.24. The molecule has 0 bridgehead atoms. The number of unbranched alkanes of at least 4 members (excludes halogenated alkanes) is 9. The van der Waals surface area contributed by atoms with E-state index >= 15 is 0 Å². The molecule has 142 valence electrons. The van der Waals surface area contributed by atoms with E-state index in [0.717, 1.165) is 19.3 Å². The fourth-order valence-corrected chi connectivity index (χ4v) is 2.43. The van der Waals surface area contributed by atoms with Gasteiger partial charge in [0.15, 0.2) is 0 Å². The quantitative estimate of drug-likeness (QED) is 0.177. The molecule has 6 nitrogen and oxygen atoms in total. The number of aliphatic hydroxyl groups is 4. The molecule has 0 aliphatic carbocycles. The summed E-state index contributed by atoms with van der Waals surface area (Å²) in [6.45, 7) is 2.21. The number of carboxylic acids is 1. The van der Waals surface area contributed by atoms with Gasteiger partial charge in [-0.05, 0) is 32.1 Å². The zero-order valence-electron chi connectivity index (χ0n) is 14.8. The lowest BCUT2D eigenvalue weighted by Gasteiger charge is -2.31. The van der Waals surface area contributed by atoms with Gasteiger partial charge in [-0.3, -0.25) is 0 Å². The van der Waals surface area contributed by atoms with Crippen LogP contribution >= 0.6 is 0 Å². The summed E-state index contributed by atoms with van der Waals surface area (Å²) in [7, 11) is 0. The molecule has 5 N–H and O–H groups in total. The van der Waals surface area contributed by atoms with Gasteiger partial charge < -0.3 is 25.5 Å². The summed E-state index contributed by atoms with van der Waals surface area (Å²) in [5, 5.41) is 45.8. The van der Waals surface area contributed by atoms with Crippen LogP contribution in [0.4, 0.5) is 0 Å². The molecule has 0 saturated heterocycles. The molecule has 0 fully saturated rings. The molecule has 0 aliphatic rings. The van der Waals surface area contributed by atoms with Gasteiger partial charge >= 0.3 is 11.8 Å². The SMILES string of the molecule is CCCCCCCCC=CCCCCCC(O)(O)C(O)(O)C(=O)O. The van der Waals surface area contributed by atoms with Crippen molar-refractivity contribution in [3.05, 3.63) is 12.2 Å². The Morgan fingerprint density at radius 2 is 1.25 bits per heavy atom. The fraction of sp³-hybridized carbons (Fsp3) is 0.833. The van der Waals surface area contributed by atoms with E-state index in [1.54, 1.807) is 0 Å². The van der Waals surface area contributed by atoms with Gasteiger partial charge in [0.2, 0.25) is 5.79 Å². The van der Waals surface area contributed by atoms with E-state index in [1.807, 2.05) is 0 Å². The Labute approximate surface area is 144 Å². The third kappa shape index (κ3) is 9.37. The van der Waals surface area contributed by atoms with Crippen LogP contribution in [0.25, 0.3) is 0 Å². The van der Waals surface area contributed by atoms with Crippen LogP contribution in [0.15, 0.2) is 12.2 Å². The fourth-order valence-electron chi connectivity index (χ4n) is 2.43. The van der Waals surface area contributed by atoms with Crippen molar-refractivity contribution in [3.63, 3.8) is 0 Å². The molecule has 0 aromatic heterocycles. The van der Waals surface area contributed by atoms with Crippen molar-refractivity contribution in [1.29, 1.82) is 0 Å². The second-order valence-corrected chi connectivity index (χ2v) is 6.42. The van der Waals surface area contributed by atoms with Crippen LogP contribution in [0.2, 0.25) is 0 Å². The average molecular weight is 346 g/mol. The van der Waals surface area contributed by atoms with Crippen molar-refractivity contribution in [2.24, 2.45) is 0 Å². The van der Waals surface area contributed by atoms with E-state index in [1.165, 1.54) is 38.5 Å². The first-order valence-corrected chi connectivity index (χ1v) is 9.03. The monoisotopic (exact) mass is 346 g/mol. The van der Waals surface area contributed by atoms with Crippen molar-refractivity contribution in [2.75, 3.05) is 0 Å². The highest BCUT2D eigenvalue weighted by molar-refractivity contribution is 5.76. The second-order valence-electron chi connectivity index (χ2n) is 6.42. The summed E-state index contributed by atoms with van der Waals surface area (Å²) < 4.78 is 0. The number of aliphatic carboxylic acids is 1. The number of hydrogen-bond donors (Lipinski definition) is 5. The summed E-state index contributed by atoms with van der Waals surface area (Å²) >= 11 is 0. The maximum absolute atomic E-state index is 10.6. The van der Waals surface area contributed by atoms with Gasteiger partial charge in [0.25, 0.3) is 0 Å². The topological polar surface area (TPSA) is 118 Å². The molecule has 0 amide bonds. The van der Waals surface area contributed by atoms with Crippen LogP contribution in [0.3, 0.4) is 0 Å². The van der Waals surface area contributed by atoms with Crippen LogP contribution < -0.4 is 0 Å². The maximum Gasteiger partial charge on any atom is 0.370 e. The molecule has 0 aliphatic heterocycles. The number of rotatable bonds is 15. The third-order valence-corrected chi connectivity index (χ3v) is 4.14. The molecule has 0 spiro atoms. The van der Waals surface area contributed by atoms with E-state index in [4.69, 9.17) is 15.3 Å². The molecule has 0 atom stereocenters. The molecule has 6 heteroatoms. The largest absolute Gasteiger partial charge is 0.477 e. The molecule has 0 rings (SSSR count). The molecule has 0 heterocycles. The normalized spacial score (nSPS) is 12.9. The van der Waals surface area contributed by atoms with E-state index in [-0.39, 0.29) is 0 Å². The molecular formula is C18H34O6. The Kier molecular flexibility index (Phi) is 11.9. The van der Waals surface area contributed by atoms with Gasteiger partial charge in [-0.1, -0.05) is 57.6 Å². The first-order valence-electron chi connectivity index (χ1n) is 9.03. The maximum atomic E-state index is 10.6. The standard InChI is InChI=1S/C18H34O6/c1-2-3-4-5-6-7-8-9-10-11-12-13-14-15-17(21,22)18(23,24)16(19)20/h9-10,21-24H,2-8,11-15H2,1H3,(H,19,20). The number of carbonyl (C=O) groups is 1. The highest BCUT2D eigenvalue weighted by Gasteiger charge is 2.53. The molecule has 0 unspecified atom stereocenters. The van der Waals surface area contributed by atoms with E-state index in [0.29, 0.717) is 12.8 Å². The average Bonchev–Trinajstić information content (AvgIpc) is 2.51. The minimum Gasteiger partial charge on any atom is -0.477 e. The number of allylic oxidation sites excluding steroid dienone is 2. The molecule has 0 saturated carbocycles. The van der Waals surface area contributed by atoms with Gasteiger partial charge in [0, 0.05) is 6.42 Å². The van der Waals surface area contributed by atoms with E-state index in [2.05, 4.69) is 19.1 Å². The molecular weight excluding hydrogens is 312 g/mol.